The zero-order valence-corrected chi connectivity index (χ0v) is 14.5. The van der Waals surface area contributed by atoms with E-state index in [9.17, 15) is 0 Å². The van der Waals surface area contributed by atoms with Crippen molar-refractivity contribution >= 4 is 15.9 Å². The summed E-state index contributed by atoms with van der Waals surface area (Å²) in [6.07, 6.45) is 10.3. The number of nitrogens with one attached hydrogen (secondary N) is 1. The van der Waals surface area contributed by atoms with Crippen LogP contribution in [0.5, 0.6) is 0 Å². The summed E-state index contributed by atoms with van der Waals surface area (Å²) < 4.78 is 6.72. The molecule has 4 aliphatic carbocycles. The van der Waals surface area contributed by atoms with Gasteiger partial charge in [0, 0.05) is 0 Å². The predicted molar refractivity (Wildman–Crippen MR) is 88.0 cm³/mol. The standard InChI is InChI=1S/C18H26BrNO/c1-2-20-15(16-3-4-17(19)21-16)11-18-8-12-5-13(9-18)7-14(6-12)10-18/h3-4,12-15,20H,2,5-11H2,1H3. The van der Waals surface area contributed by atoms with E-state index in [1.807, 2.05) is 6.07 Å². The molecule has 0 saturated heterocycles. The maximum Gasteiger partial charge on any atom is 0.169 e. The molecule has 4 aliphatic rings. The predicted octanol–water partition coefficient (Wildman–Crippen LogP) is 5.30. The molecular weight excluding hydrogens is 326 g/mol. The van der Waals surface area contributed by atoms with Crippen LogP contribution in [0.4, 0.5) is 0 Å². The SMILES string of the molecule is CCNC(CC12CC3CC(CC(C3)C1)C2)c1ccc(Br)o1. The summed E-state index contributed by atoms with van der Waals surface area (Å²) in [4.78, 5) is 0. The largest absolute Gasteiger partial charge is 0.453 e. The zero-order chi connectivity index (χ0) is 14.4. The first-order valence-electron chi connectivity index (χ1n) is 8.64. The molecule has 3 heteroatoms. The summed E-state index contributed by atoms with van der Waals surface area (Å²) in [6.45, 7) is 3.21. The Morgan fingerprint density at radius 1 is 1.19 bits per heavy atom. The van der Waals surface area contributed by atoms with Gasteiger partial charge in [-0.25, -0.2) is 0 Å². The number of furan rings is 1. The highest BCUT2D eigenvalue weighted by Crippen LogP contribution is 2.62. The van der Waals surface area contributed by atoms with E-state index in [0.29, 0.717) is 11.5 Å². The van der Waals surface area contributed by atoms with Gasteiger partial charge in [0.1, 0.15) is 5.76 Å². The van der Waals surface area contributed by atoms with Gasteiger partial charge < -0.3 is 9.73 Å². The third-order valence-electron chi connectivity index (χ3n) is 6.19. The molecule has 1 unspecified atom stereocenters. The van der Waals surface area contributed by atoms with Gasteiger partial charge in [0.25, 0.3) is 0 Å². The van der Waals surface area contributed by atoms with Gasteiger partial charge in [-0.15, -0.1) is 0 Å². The van der Waals surface area contributed by atoms with Crippen molar-refractivity contribution in [2.45, 2.75) is 57.9 Å². The van der Waals surface area contributed by atoms with Crippen LogP contribution in [0.1, 0.15) is 63.7 Å². The molecule has 1 N–H and O–H groups in total. The van der Waals surface area contributed by atoms with E-state index in [1.165, 1.54) is 44.9 Å². The molecule has 0 spiro atoms. The average Bonchev–Trinajstić information content (AvgIpc) is 2.83. The summed E-state index contributed by atoms with van der Waals surface area (Å²) >= 11 is 3.45. The van der Waals surface area contributed by atoms with Crippen LogP contribution in [0.15, 0.2) is 21.2 Å². The van der Waals surface area contributed by atoms with Gasteiger partial charge in [-0.3, -0.25) is 0 Å². The van der Waals surface area contributed by atoms with Crippen LogP contribution >= 0.6 is 15.9 Å². The van der Waals surface area contributed by atoms with Crippen LogP contribution in [-0.2, 0) is 0 Å². The van der Waals surface area contributed by atoms with Crippen LogP contribution in [0.3, 0.4) is 0 Å². The fraction of sp³-hybridized carbons (Fsp3) is 0.778. The first-order valence-corrected chi connectivity index (χ1v) is 9.44. The Labute approximate surface area is 136 Å². The lowest BCUT2D eigenvalue weighted by Crippen LogP contribution is -2.47. The summed E-state index contributed by atoms with van der Waals surface area (Å²) in [6, 6.07) is 4.55. The summed E-state index contributed by atoms with van der Waals surface area (Å²) in [7, 11) is 0. The maximum absolute atomic E-state index is 5.87. The van der Waals surface area contributed by atoms with E-state index in [4.69, 9.17) is 4.42 Å². The van der Waals surface area contributed by atoms with Crippen molar-refractivity contribution in [1.29, 1.82) is 0 Å². The second-order valence-electron chi connectivity index (χ2n) is 7.87. The molecule has 1 aromatic heterocycles. The Balaban J connectivity index is 1.55. The normalized spacial score (nSPS) is 38.9. The van der Waals surface area contributed by atoms with Crippen LogP contribution < -0.4 is 5.32 Å². The molecular formula is C18H26BrNO. The molecule has 116 valence electrons. The van der Waals surface area contributed by atoms with Gasteiger partial charge in [0.2, 0.25) is 0 Å². The highest BCUT2D eigenvalue weighted by Gasteiger charge is 2.51. The molecule has 0 aromatic carbocycles. The molecule has 4 bridgehead atoms. The van der Waals surface area contributed by atoms with Crippen molar-refractivity contribution in [3.8, 4) is 0 Å². The van der Waals surface area contributed by atoms with E-state index in [-0.39, 0.29) is 0 Å². The molecule has 2 nitrogen and oxygen atoms in total. The average molecular weight is 352 g/mol. The topological polar surface area (TPSA) is 25.2 Å². The molecule has 4 fully saturated rings. The minimum absolute atomic E-state index is 0.387. The molecule has 1 heterocycles. The number of hydrogen-bond donors (Lipinski definition) is 1. The van der Waals surface area contributed by atoms with Gasteiger partial charge in [-0.05, 0) is 103 Å². The third kappa shape index (κ3) is 2.72. The quantitative estimate of drug-likeness (QED) is 0.778. The molecule has 21 heavy (non-hydrogen) atoms. The van der Waals surface area contributed by atoms with Gasteiger partial charge in [-0.1, -0.05) is 6.92 Å². The Morgan fingerprint density at radius 2 is 1.81 bits per heavy atom. The second-order valence-corrected chi connectivity index (χ2v) is 8.66. The van der Waals surface area contributed by atoms with Crippen molar-refractivity contribution < 1.29 is 4.42 Å². The van der Waals surface area contributed by atoms with Crippen molar-refractivity contribution in [2.24, 2.45) is 23.2 Å². The van der Waals surface area contributed by atoms with Crippen LogP contribution in [-0.4, -0.2) is 6.54 Å². The first kappa shape index (κ1) is 14.3. The van der Waals surface area contributed by atoms with Gasteiger partial charge in [0.05, 0.1) is 6.04 Å². The molecule has 4 saturated carbocycles. The van der Waals surface area contributed by atoms with E-state index >= 15 is 0 Å². The van der Waals surface area contributed by atoms with E-state index in [0.717, 1.165) is 34.7 Å². The minimum Gasteiger partial charge on any atom is -0.453 e. The first-order chi connectivity index (χ1) is 10.2. The Morgan fingerprint density at radius 3 is 2.29 bits per heavy atom. The van der Waals surface area contributed by atoms with Crippen LogP contribution in [0.2, 0.25) is 0 Å². The fourth-order valence-electron chi connectivity index (χ4n) is 6.01. The lowest BCUT2D eigenvalue weighted by molar-refractivity contribution is -0.0631. The summed E-state index contributed by atoms with van der Waals surface area (Å²) in [5.74, 6) is 4.20. The van der Waals surface area contributed by atoms with Crippen LogP contribution in [0.25, 0.3) is 0 Å². The minimum atomic E-state index is 0.387. The van der Waals surface area contributed by atoms with Crippen molar-refractivity contribution in [2.75, 3.05) is 6.54 Å². The number of hydrogen-bond acceptors (Lipinski definition) is 2. The smallest absolute Gasteiger partial charge is 0.169 e. The van der Waals surface area contributed by atoms with Crippen molar-refractivity contribution in [3.05, 3.63) is 22.6 Å². The molecule has 1 aromatic rings. The van der Waals surface area contributed by atoms with E-state index in [1.54, 1.807) is 0 Å². The fourth-order valence-corrected chi connectivity index (χ4v) is 6.33. The third-order valence-corrected chi connectivity index (χ3v) is 6.62. The van der Waals surface area contributed by atoms with E-state index in [2.05, 4.69) is 34.2 Å². The second kappa shape index (κ2) is 5.42. The Hall–Kier alpha value is -0.280. The monoisotopic (exact) mass is 351 g/mol. The lowest BCUT2D eigenvalue weighted by atomic mass is 9.48. The molecule has 1 atom stereocenters. The number of rotatable bonds is 5. The zero-order valence-electron chi connectivity index (χ0n) is 12.9. The lowest BCUT2D eigenvalue weighted by Gasteiger charge is -2.57. The van der Waals surface area contributed by atoms with Crippen molar-refractivity contribution in [1.82, 2.24) is 5.32 Å². The molecule has 0 aliphatic heterocycles. The van der Waals surface area contributed by atoms with Gasteiger partial charge in [-0.2, -0.15) is 0 Å². The summed E-state index contributed by atoms with van der Waals surface area (Å²) in [5, 5.41) is 3.67. The maximum atomic E-state index is 5.87. The van der Waals surface area contributed by atoms with Gasteiger partial charge >= 0.3 is 0 Å². The van der Waals surface area contributed by atoms with Crippen molar-refractivity contribution in [3.63, 3.8) is 0 Å². The highest BCUT2D eigenvalue weighted by atomic mass is 79.9. The van der Waals surface area contributed by atoms with Gasteiger partial charge in [0.15, 0.2) is 4.67 Å². The number of halogens is 1. The highest BCUT2D eigenvalue weighted by molar-refractivity contribution is 9.10. The Kier molecular flexibility index (Phi) is 3.69. The molecule has 5 rings (SSSR count). The van der Waals surface area contributed by atoms with Crippen LogP contribution in [0, 0.1) is 23.2 Å². The Bertz CT molecular complexity index is 474. The summed E-state index contributed by atoms with van der Waals surface area (Å²) in [5.41, 5.74) is 0.598. The molecule has 0 amide bonds. The molecule has 0 radical (unpaired) electrons. The van der Waals surface area contributed by atoms with E-state index < -0.39 is 0 Å².